The van der Waals surface area contributed by atoms with Gasteiger partial charge >= 0.3 is 0 Å². The molecule has 0 aromatic heterocycles. The zero-order valence-corrected chi connectivity index (χ0v) is 17.6. The molecule has 0 spiro atoms. The fourth-order valence-electron chi connectivity index (χ4n) is 3.78. The zero-order valence-electron chi connectivity index (χ0n) is 16.8. The van der Waals surface area contributed by atoms with Crippen molar-refractivity contribution in [2.75, 3.05) is 40.0 Å². The van der Waals surface area contributed by atoms with Crippen LogP contribution in [0.4, 0.5) is 4.39 Å². The van der Waals surface area contributed by atoms with Crippen molar-refractivity contribution in [1.29, 1.82) is 0 Å². The summed E-state index contributed by atoms with van der Waals surface area (Å²) in [6, 6.07) is 5.07. The quantitative estimate of drug-likeness (QED) is 0.401. The maximum absolute atomic E-state index is 14.2. The molecule has 7 heteroatoms. The van der Waals surface area contributed by atoms with Crippen LogP contribution in [0.25, 0.3) is 0 Å². The molecule has 1 heterocycles. The van der Waals surface area contributed by atoms with Gasteiger partial charge in [-0.25, -0.2) is 4.39 Å². The van der Waals surface area contributed by atoms with Gasteiger partial charge in [0.2, 0.25) is 0 Å². The van der Waals surface area contributed by atoms with E-state index in [1.165, 1.54) is 6.07 Å². The van der Waals surface area contributed by atoms with Crippen molar-refractivity contribution in [2.24, 2.45) is 4.99 Å². The number of hydrogen-bond donors (Lipinski definition) is 1. The lowest BCUT2D eigenvalue weighted by Crippen LogP contribution is -2.48. The van der Waals surface area contributed by atoms with Gasteiger partial charge in [-0.1, -0.05) is 17.7 Å². The topological polar surface area (TPSA) is 46.1 Å². The smallest absolute Gasteiger partial charge is 0.194 e. The van der Waals surface area contributed by atoms with Gasteiger partial charge in [0.05, 0.1) is 6.10 Å². The predicted octanol–water partition coefficient (Wildman–Crippen LogP) is 3.82. The van der Waals surface area contributed by atoms with E-state index in [1.54, 1.807) is 19.2 Å². The summed E-state index contributed by atoms with van der Waals surface area (Å²) in [5.41, 5.74) is 0.626. The van der Waals surface area contributed by atoms with E-state index in [-0.39, 0.29) is 17.8 Å². The first-order valence-electron chi connectivity index (χ1n) is 10.2. The summed E-state index contributed by atoms with van der Waals surface area (Å²) in [5.74, 6) is 0.805. The number of piperidine rings is 1. The minimum Gasteiger partial charge on any atom is -0.385 e. The molecule has 28 heavy (non-hydrogen) atoms. The van der Waals surface area contributed by atoms with Gasteiger partial charge in [0.1, 0.15) is 5.82 Å². The van der Waals surface area contributed by atoms with E-state index in [4.69, 9.17) is 21.1 Å². The lowest BCUT2D eigenvalue weighted by atomic mass is 10.1. The van der Waals surface area contributed by atoms with Gasteiger partial charge in [0.25, 0.3) is 0 Å². The molecule has 2 aliphatic rings. The van der Waals surface area contributed by atoms with Crippen LogP contribution < -0.4 is 5.32 Å². The molecule has 2 fully saturated rings. The Bertz CT molecular complexity index is 645. The molecule has 1 aliphatic carbocycles. The second-order valence-electron chi connectivity index (χ2n) is 7.43. The van der Waals surface area contributed by atoms with E-state index < -0.39 is 0 Å². The molecule has 1 aliphatic heterocycles. The minimum absolute atomic E-state index is 0.109. The molecule has 1 saturated carbocycles. The highest BCUT2D eigenvalue weighted by Crippen LogP contribution is 2.45. The first-order chi connectivity index (χ1) is 13.6. The van der Waals surface area contributed by atoms with Crippen molar-refractivity contribution in [3.63, 3.8) is 0 Å². The summed E-state index contributed by atoms with van der Waals surface area (Å²) in [7, 11) is 1.71. The van der Waals surface area contributed by atoms with Crippen LogP contribution in [0.2, 0.25) is 5.02 Å². The summed E-state index contributed by atoms with van der Waals surface area (Å²) < 4.78 is 25.2. The maximum atomic E-state index is 14.2. The highest BCUT2D eigenvalue weighted by Gasteiger charge is 2.42. The third-order valence-corrected chi connectivity index (χ3v) is 5.70. The molecule has 1 N–H and O–H groups in total. The van der Waals surface area contributed by atoms with Crippen molar-refractivity contribution < 1.29 is 13.9 Å². The number of hydrogen-bond acceptors (Lipinski definition) is 3. The molecule has 1 aromatic carbocycles. The van der Waals surface area contributed by atoms with E-state index in [0.717, 1.165) is 57.9 Å². The Balaban J connectivity index is 1.50. The summed E-state index contributed by atoms with van der Waals surface area (Å²) in [5, 5.41) is 4.04. The Morgan fingerprint density at radius 3 is 2.79 bits per heavy atom. The minimum atomic E-state index is -0.220. The summed E-state index contributed by atoms with van der Waals surface area (Å²) >= 11 is 6.22. The number of nitrogens with zero attached hydrogens (tertiary/aromatic N) is 2. The average Bonchev–Trinajstić information content (AvgIpc) is 3.44. The number of methoxy groups -OCH3 is 1. The van der Waals surface area contributed by atoms with Crippen LogP contribution in [0.5, 0.6) is 0 Å². The molecular formula is C21H31ClFN3O2. The van der Waals surface area contributed by atoms with E-state index in [0.29, 0.717) is 23.2 Å². The number of rotatable bonds is 8. The number of ether oxygens (including phenoxy) is 2. The number of guanidine groups is 1. The molecule has 1 aromatic rings. The predicted molar refractivity (Wildman–Crippen MR) is 111 cm³/mol. The Kier molecular flexibility index (Phi) is 7.94. The summed E-state index contributed by atoms with van der Waals surface area (Å²) in [6.07, 6.45) is 4.10. The highest BCUT2D eigenvalue weighted by atomic mass is 35.5. The lowest BCUT2D eigenvalue weighted by Gasteiger charge is -2.34. The Labute approximate surface area is 172 Å². The molecular weight excluding hydrogens is 381 g/mol. The number of likely N-dealkylation sites (tertiary alicyclic amines) is 1. The molecule has 0 bridgehead atoms. The number of aliphatic imine (C=N–C) groups is 1. The molecule has 5 nitrogen and oxygen atoms in total. The molecule has 2 unspecified atom stereocenters. The van der Waals surface area contributed by atoms with E-state index in [1.807, 2.05) is 6.92 Å². The fourth-order valence-corrected chi connectivity index (χ4v) is 4.08. The molecule has 3 rings (SSSR count). The van der Waals surface area contributed by atoms with Gasteiger partial charge in [-0.2, -0.15) is 0 Å². The van der Waals surface area contributed by atoms with Gasteiger partial charge in [-0.15, -0.1) is 0 Å². The standard InChI is InChI=1S/C21H31ClFN3O2/c1-3-24-21(26-10-8-15(9-11-26)28-13-5-12-27-2)25-19-14-16(19)20-17(22)6-4-7-18(20)23/h4,6-7,15-16,19H,3,5,8-14H2,1-2H3,(H,24,25). The van der Waals surface area contributed by atoms with Crippen LogP contribution in [0.1, 0.15) is 44.1 Å². The van der Waals surface area contributed by atoms with Crippen LogP contribution >= 0.6 is 11.6 Å². The van der Waals surface area contributed by atoms with Crippen molar-refractivity contribution in [1.82, 2.24) is 10.2 Å². The summed E-state index contributed by atoms with van der Waals surface area (Å²) in [4.78, 5) is 6.95. The molecule has 156 valence electrons. The normalized spacial score (nSPS) is 23.1. The first kappa shape index (κ1) is 21.3. The Hall–Kier alpha value is -1.37. The fraction of sp³-hybridized carbons (Fsp3) is 0.667. The van der Waals surface area contributed by atoms with E-state index >= 15 is 0 Å². The first-order valence-corrected chi connectivity index (χ1v) is 10.6. The van der Waals surface area contributed by atoms with Crippen LogP contribution in [0.3, 0.4) is 0 Å². The second-order valence-corrected chi connectivity index (χ2v) is 7.84. The number of benzene rings is 1. The van der Waals surface area contributed by atoms with Gasteiger partial charge in [-0.3, -0.25) is 4.99 Å². The molecule has 0 amide bonds. The maximum Gasteiger partial charge on any atom is 0.194 e. The van der Waals surface area contributed by atoms with Crippen molar-refractivity contribution in [3.05, 3.63) is 34.6 Å². The second kappa shape index (κ2) is 10.4. The van der Waals surface area contributed by atoms with Crippen LogP contribution in [0, 0.1) is 5.82 Å². The van der Waals surface area contributed by atoms with Crippen LogP contribution in [0.15, 0.2) is 23.2 Å². The highest BCUT2D eigenvalue weighted by molar-refractivity contribution is 6.31. The number of halogens is 2. The molecule has 0 radical (unpaired) electrons. The van der Waals surface area contributed by atoms with E-state index in [2.05, 4.69) is 15.2 Å². The lowest BCUT2D eigenvalue weighted by molar-refractivity contribution is 0.00988. The van der Waals surface area contributed by atoms with Gasteiger partial charge in [0, 0.05) is 62.5 Å². The third-order valence-electron chi connectivity index (χ3n) is 5.37. The molecule has 1 saturated heterocycles. The monoisotopic (exact) mass is 411 g/mol. The Morgan fingerprint density at radius 2 is 2.11 bits per heavy atom. The third kappa shape index (κ3) is 5.58. The Morgan fingerprint density at radius 1 is 1.32 bits per heavy atom. The zero-order chi connectivity index (χ0) is 19.9. The molecule has 2 atom stereocenters. The summed E-state index contributed by atoms with van der Waals surface area (Å²) in [6.45, 7) is 6.07. The van der Waals surface area contributed by atoms with Crippen molar-refractivity contribution in [2.45, 2.75) is 50.7 Å². The van der Waals surface area contributed by atoms with E-state index in [9.17, 15) is 4.39 Å². The van der Waals surface area contributed by atoms with Crippen molar-refractivity contribution in [3.8, 4) is 0 Å². The van der Waals surface area contributed by atoms with Gasteiger partial charge in [0.15, 0.2) is 5.96 Å². The number of nitrogens with one attached hydrogen (secondary N) is 1. The average molecular weight is 412 g/mol. The van der Waals surface area contributed by atoms with Crippen LogP contribution in [-0.2, 0) is 9.47 Å². The van der Waals surface area contributed by atoms with Crippen molar-refractivity contribution >= 4 is 17.6 Å². The van der Waals surface area contributed by atoms with Crippen LogP contribution in [-0.4, -0.2) is 63.0 Å². The largest absolute Gasteiger partial charge is 0.385 e. The van der Waals surface area contributed by atoms with Gasteiger partial charge in [-0.05, 0) is 44.7 Å². The van der Waals surface area contributed by atoms with Gasteiger partial charge < -0.3 is 19.7 Å². The SMILES string of the molecule is CCN=C(NC1CC1c1c(F)cccc1Cl)N1CCC(OCCCOC)CC1.